The Hall–Kier alpha value is -2.09. The van der Waals surface area contributed by atoms with E-state index in [0.717, 1.165) is 6.42 Å². The minimum absolute atomic E-state index is 0.0167. The number of benzene rings is 2. The van der Waals surface area contributed by atoms with Crippen LogP contribution in [0.3, 0.4) is 0 Å². The van der Waals surface area contributed by atoms with Crippen LogP contribution in [0.1, 0.15) is 47.7 Å². The van der Waals surface area contributed by atoms with Crippen LogP contribution in [-0.4, -0.2) is 5.78 Å². The number of ketones is 1. The van der Waals surface area contributed by atoms with E-state index in [-0.39, 0.29) is 5.78 Å². The topological polar surface area (TPSA) is 43.1 Å². The second-order valence-corrected chi connectivity index (χ2v) is 4.89. The summed E-state index contributed by atoms with van der Waals surface area (Å²) < 4.78 is 0. The van der Waals surface area contributed by atoms with Crippen LogP contribution in [0.5, 0.6) is 0 Å². The fourth-order valence-electron chi connectivity index (χ4n) is 2.05. The van der Waals surface area contributed by atoms with Crippen LogP contribution in [-0.2, 0) is 0 Å². The molecule has 2 N–H and O–H groups in total. The lowest BCUT2D eigenvalue weighted by Crippen LogP contribution is -2.02. The summed E-state index contributed by atoms with van der Waals surface area (Å²) in [4.78, 5) is 12.3. The van der Waals surface area contributed by atoms with Crippen molar-refractivity contribution in [2.24, 2.45) is 0 Å². The molecule has 1 atom stereocenters. The largest absolute Gasteiger partial charge is 0.399 e. The lowest BCUT2D eigenvalue weighted by molar-refractivity contribution is 0.103. The molecule has 0 aliphatic carbocycles. The monoisotopic (exact) mass is 253 g/mol. The molecule has 2 nitrogen and oxygen atoms in total. The third-order valence-corrected chi connectivity index (χ3v) is 3.50. The quantitative estimate of drug-likeness (QED) is 0.660. The van der Waals surface area contributed by atoms with Gasteiger partial charge in [0.25, 0.3) is 0 Å². The van der Waals surface area contributed by atoms with Crippen molar-refractivity contribution >= 4 is 11.5 Å². The van der Waals surface area contributed by atoms with Crippen molar-refractivity contribution in [3.63, 3.8) is 0 Å². The molecule has 0 spiro atoms. The Labute approximate surface area is 114 Å². The van der Waals surface area contributed by atoms with E-state index in [9.17, 15) is 4.79 Å². The van der Waals surface area contributed by atoms with Gasteiger partial charge in [-0.3, -0.25) is 4.79 Å². The molecule has 1 unspecified atom stereocenters. The number of hydrogen-bond acceptors (Lipinski definition) is 2. The Morgan fingerprint density at radius 1 is 1.11 bits per heavy atom. The van der Waals surface area contributed by atoms with E-state index in [1.807, 2.05) is 24.3 Å². The fraction of sp³-hybridized carbons (Fsp3) is 0.235. The molecule has 0 heterocycles. The van der Waals surface area contributed by atoms with Gasteiger partial charge in [-0.05, 0) is 30.0 Å². The molecule has 0 aliphatic heterocycles. The summed E-state index contributed by atoms with van der Waals surface area (Å²) in [6.45, 7) is 4.35. The van der Waals surface area contributed by atoms with Gasteiger partial charge in [-0.1, -0.05) is 50.2 Å². The first-order valence-corrected chi connectivity index (χ1v) is 6.62. The van der Waals surface area contributed by atoms with Gasteiger partial charge in [0.1, 0.15) is 0 Å². The normalized spacial score (nSPS) is 12.1. The van der Waals surface area contributed by atoms with Gasteiger partial charge in [0.15, 0.2) is 5.78 Å². The van der Waals surface area contributed by atoms with E-state index in [0.29, 0.717) is 22.7 Å². The summed E-state index contributed by atoms with van der Waals surface area (Å²) in [5.41, 5.74) is 8.93. The second-order valence-electron chi connectivity index (χ2n) is 4.89. The molecule has 0 saturated carbocycles. The van der Waals surface area contributed by atoms with Crippen LogP contribution >= 0.6 is 0 Å². The van der Waals surface area contributed by atoms with E-state index in [2.05, 4.69) is 13.8 Å². The number of rotatable bonds is 4. The van der Waals surface area contributed by atoms with Gasteiger partial charge < -0.3 is 5.73 Å². The maximum Gasteiger partial charge on any atom is 0.193 e. The average Bonchev–Trinajstić information content (AvgIpc) is 2.46. The van der Waals surface area contributed by atoms with E-state index in [1.54, 1.807) is 24.3 Å². The Bertz CT molecular complexity index is 572. The van der Waals surface area contributed by atoms with Gasteiger partial charge in [-0.15, -0.1) is 0 Å². The molecule has 0 amide bonds. The van der Waals surface area contributed by atoms with Crippen LogP contribution in [0.2, 0.25) is 0 Å². The van der Waals surface area contributed by atoms with Crippen LogP contribution in [0.4, 0.5) is 5.69 Å². The summed E-state index contributed by atoms with van der Waals surface area (Å²) in [5.74, 6) is 0.541. The minimum Gasteiger partial charge on any atom is -0.399 e. The number of anilines is 1. The van der Waals surface area contributed by atoms with Crippen molar-refractivity contribution in [2.45, 2.75) is 26.2 Å². The first-order valence-electron chi connectivity index (χ1n) is 6.62. The standard InChI is InChI=1S/C17H19NO/c1-3-12(2)13-7-9-14(10-8-13)17(19)15-5-4-6-16(18)11-15/h4-12H,3,18H2,1-2H3. The maximum absolute atomic E-state index is 12.3. The summed E-state index contributed by atoms with van der Waals surface area (Å²) in [6.07, 6.45) is 1.10. The van der Waals surface area contributed by atoms with E-state index >= 15 is 0 Å². The van der Waals surface area contributed by atoms with Crippen LogP contribution < -0.4 is 5.73 Å². The number of nitrogens with two attached hydrogens (primary N) is 1. The van der Waals surface area contributed by atoms with Crippen molar-refractivity contribution in [1.82, 2.24) is 0 Å². The first-order chi connectivity index (χ1) is 9.11. The zero-order valence-corrected chi connectivity index (χ0v) is 11.4. The predicted octanol–water partition coefficient (Wildman–Crippen LogP) is 4.01. The van der Waals surface area contributed by atoms with Gasteiger partial charge in [0.05, 0.1) is 0 Å². The number of carbonyl (C=O) groups is 1. The van der Waals surface area contributed by atoms with Gasteiger partial charge in [-0.25, -0.2) is 0 Å². The molecule has 2 aromatic rings. The van der Waals surface area contributed by atoms with Crippen LogP contribution in [0.15, 0.2) is 48.5 Å². The molecule has 2 rings (SSSR count). The lowest BCUT2D eigenvalue weighted by Gasteiger charge is -2.09. The van der Waals surface area contributed by atoms with Crippen LogP contribution in [0.25, 0.3) is 0 Å². The summed E-state index contributed by atoms with van der Waals surface area (Å²) >= 11 is 0. The average molecular weight is 253 g/mol. The van der Waals surface area contributed by atoms with Crippen molar-refractivity contribution in [2.75, 3.05) is 5.73 Å². The summed E-state index contributed by atoms with van der Waals surface area (Å²) in [6, 6.07) is 15.0. The molecular weight excluding hydrogens is 234 g/mol. The summed E-state index contributed by atoms with van der Waals surface area (Å²) in [5, 5.41) is 0. The molecule has 2 heteroatoms. The highest BCUT2D eigenvalue weighted by atomic mass is 16.1. The van der Waals surface area contributed by atoms with Crippen molar-refractivity contribution in [3.8, 4) is 0 Å². The molecule has 0 aliphatic rings. The lowest BCUT2D eigenvalue weighted by atomic mass is 9.95. The van der Waals surface area contributed by atoms with E-state index in [4.69, 9.17) is 5.73 Å². The third kappa shape index (κ3) is 3.02. The van der Waals surface area contributed by atoms with Crippen LogP contribution in [0, 0.1) is 0 Å². The maximum atomic E-state index is 12.3. The highest BCUT2D eigenvalue weighted by Crippen LogP contribution is 2.20. The molecule has 98 valence electrons. The van der Waals surface area contributed by atoms with Gasteiger partial charge >= 0.3 is 0 Å². The van der Waals surface area contributed by atoms with Crippen molar-refractivity contribution in [3.05, 3.63) is 65.2 Å². The Balaban J connectivity index is 2.25. The molecule has 2 aromatic carbocycles. The predicted molar refractivity (Wildman–Crippen MR) is 79.4 cm³/mol. The molecular formula is C17H19NO. The molecule has 0 saturated heterocycles. The van der Waals surface area contributed by atoms with Crippen molar-refractivity contribution in [1.29, 1.82) is 0 Å². The fourth-order valence-corrected chi connectivity index (χ4v) is 2.05. The van der Waals surface area contributed by atoms with E-state index in [1.165, 1.54) is 5.56 Å². The zero-order valence-electron chi connectivity index (χ0n) is 11.4. The highest BCUT2D eigenvalue weighted by molar-refractivity contribution is 6.09. The third-order valence-electron chi connectivity index (χ3n) is 3.50. The first kappa shape index (κ1) is 13.3. The Kier molecular flexibility index (Phi) is 4.00. The smallest absolute Gasteiger partial charge is 0.193 e. The molecule has 19 heavy (non-hydrogen) atoms. The van der Waals surface area contributed by atoms with Gasteiger partial charge in [0.2, 0.25) is 0 Å². The minimum atomic E-state index is 0.0167. The van der Waals surface area contributed by atoms with E-state index < -0.39 is 0 Å². The SMILES string of the molecule is CCC(C)c1ccc(C(=O)c2cccc(N)c2)cc1. The Morgan fingerprint density at radius 3 is 2.37 bits per heavy atom. The molecule has 0 bridgehead atoms. The molecule has 0 fully saturated rings. The second kappa shape index (κ2) is 5.70. The Morgan fingerprint density at radius 2 is 1.79 bits per heavy atom. The van der Waals surface area contributed by atoms with Crippen molar-refractivity contribution < 1.29 is 4.79 Å². The number of hydrogen-bond donors (Lipinski definition) is 1. The molecule has 0 radical (unpaired) electrons. The summed E-state index contributed by atoms with van der Waals surface area (Å²) in [7, 11) is 0. The number of carbonyl (C=O) groups excluding carboxylic acids is 1. The van der Waals surface area contributed by atoms with Gasteiger partial charge in [0, 0.05) is 16.8 Å². The highest BCUT2D eigenvalue weighted by Gasteiger charge is 2.10. The molecule has 0 aromatic heterocycles. The number of nitrogen functional groups attached to an aromatic ring is 1. The van der Waals surface area contributed by atoms with Gasteiger partial charge in [-0.2, -0.15) is 0 Å². The zero-order chi connectivity index (χ0) is 13.8.